The number of unbranched alkanes of at least 4 members (excludes halogenated alkanes) is 6. The zero-order chi connectivity index (χ0) is 15.8. The monoisotopic (exact) mass is 282 g/mol. The van der Waals surface area contributed by atoms with E-state index in [0.29, 0.717) is 10.8 Å². The summed E-state index contributed by atoms with van der Waals surface area (Å²) in [6.45, 7) is 19.4. The van der Waals surface area contributed by atoms with Gasteiger partial charge in [-0.15, -0.1) is 0 Å². The van der Waals surface area contributed by atoms with Crippen LogP contribution in [0.15, 0.2) is 0 Å². The zero-order valence-corrected chi connectivity index (χ0v) is 15.8. The van der Waals surface area contributed by atoms with Gasteiger partial charge in [-0.25, -0.2) is 0 Å². The van der Waals surface area contributed by atoms with E-state index < -0.39 is 0 Å². The van der Waals surface area contributed by atoms with E-state index in [1.54, 1.807) is 0 Å². The van der Waals surface area contributed by atoms with Crippen molar-refractivity contribution in [3.63, 3.8) is 0 Å². The van der Waals surface area contributed by atoms with Gasteiger partial charge in [0.1, 0.15) is 0 Å². The van der Waals surface area contributed by atoms with Gasteiger partial charge in [-0.3, -0.25) is 0 Å². The maximum atomic E-state index is 2.45. The Kier molecular flexibility index (Phi) is 9.11. The Bertz CT molecular complexity index is 221. The Balaban J connectivity index is 4.39. The first kappa shape index (κ1) is 20.0. The minimum Gasteiger partial charge on any atom is -0.0654 e. The molecule has 0 nitrogen and oxygen atoms in total. The van der Waals surface area contributed by atoms with Gasteiger partial charge in [0, 0.05) is 0 Å². The summed E-state index contributed by atoms with van der Waals surface area (Å²) in [5.74, 6) is 1.53. The highest BCUT2D eigenvalue weighted by atomic mass is 14.5. The maximum absolute atomic E-state index is 2.45. The van der Waals surface area contributed by atoms with Crippen LogP contribution < -0.4 is 0 Å². The second-order valence-electron chi connectivity index (χ2n) is 8.47. The van der Waals surface area contributed by atoms with Crippen LogP contribution in [0.4, 0.5) is 0 Å². The van der Waals surface area contributed by atoms with Crippen LogP contribution in [0, 0.1) is 22.7 Å². The van der Waals surface area contributed by atoms with E-state index in [1.165, 1.54) is 51.4 Å². The highest BCUT2D eigenvalue weighted by molar-refractivity contribution is 4.94. The molecule has 0 aliphatic heterocycles. The van der Waals surface area contributed by atoms with Crippen LogP contribution in [0.3, 0.4) is 0 Å². The molecule has 0 aromatic heterocycles. The summed E-state index contributed by atoms with van der Waals surface area (Å²) in [5, 5.41) is 0. The van der Waals surface area contributed by atoms with Crippen molar-refractivity contribution < 1.29 is 0 Å². The van der Waals surface area contributed by atoms with E-state index in [0.717, 1.165) is 11.8 Å². The molecule has 0 N–H and O–H groups in total. The number of hydrogen-bond acceptors (Lipinski definition) is 0. The normalized spacial score (nSPS) is 13.5. The fourth-order valence-corrected chi connectivity index (χ4v) is 4.73. The molecule has 0 aromatic carbocycles. The Morgan fingerprint density at radius 1 is 0.650 bits per heavy atom. The van der Waals surface area contributed by atoms with Crippen LogP contribution in [-0.2, 0) is 0 Å². The third-order valence-corrected chi connectivity index (χ3v) is 5.65. The highest BCUT2D eigenvalue weighted by Crippen LogP contribution is 2.53. The van der Waals surface area contributed by atoms with Gasteiger partial charge in [-0.2, -0.15) is 0 Å². The van der Waals surface area contributed by atoms with E-state index in [2.05, 4.69) is 55.4 Å². The van der Waals surface area contributed by atoms with E-state index in [4.69, 9.17) is 0 Å². The highest BCUT2D eigenvalue weighted by Gasteiger charge is 2.45. The Hall–Kier alpha value is 0. The van der Waals surface area contributed by atoms with Crippen LogP contribution in [-0.4, -0.2) is 0 Å². The average molecular weight is 283 g/mol. The van der Waals surface area contributed by atoms with Gasteiger partial charge >= 0.3 is 0 Å². The van der Waals surface area contributed by atoms with Crippen LogP contribution in [0.5, 0.6) is 0 Å². The average Bonchev–Trinajstić information content (AvgIpc) is 2.30. The van der Waals surface area contributed by atoms with Gasteiger partial charge in [-0.1, -0.05) is 100 Å². The molecule has 0 aliphatic rings. The van der Waals surface area contributed by atoms with Crippen LogP contribution in [0.25, 0.3) is 0 Å². The molecule has 0 saturated carbocycles. The molecule has 0 atom stereocenters. The Morgan fingerprint density at radius 2 is 1.05 bits per heavy atom. The summed E-state index contributed by atoms with van der Waals surface area (Å²) in [4.78, 5) is 0. The van der Waals surface area contributed by atoms with Crippen LogP contribution in [0.1, 0.15) is 107 Å². The summed E-state index contributed by atoms with van der Waals surface area (Å²) in [7, 11) is 0. The smallest absolute Gasteiger partial charge is 0.0203 e. The second-order valence-corrected chi connectivity index (χ2v) is 8.47. The topological polar surface area (TPSA) is 0 Å². The summed E-state index contributed by atoms with van der Waals surface area (Å²) in [6.07, 6.45) is 11.4. The molecule has 0 bridgehead atoms. The second kappa shape index (κ2) is 9.11. The first-order valence-electron chi connectivity index (χ1n) is 9.20. The Labute approximate surface area is 130 Å². The predicted octanol–water partition coefficient (Wildman–Crippen LogP) is 7.47. The summed E-state index contributed by atoms with van der Waals surface area (Å²) >= 11 is 0. The van der Waals surface area contributed by atoms with E-state index >= 15 is 0 Å². The molecule has 0 heteroatoms. The molecule has 0 aromatic rings. The summed E-state index contributed by atoms with van der Waals surface area (Å²) in [6, 6.07) is 0. The van der Waals surface area contributed by atoms with Gasteiger partial charge in [0.05, 0.1) is 0 Å². The molecule has 0 spiro atoms. The quantitative estimate of drug-likeness (QED) is 0.364. The van der Waals surface area contributed by atoms with Gasteiger partial charge < -0.3 is 0 Å². The van der Waals surface area contributed by atoms with Crippen molar-refractivity contribution in [1.29, 1.82) is 0 Å². The lowest BCUT2D eigenvalue weighted by Crippen LogP contribution is -2.44. The van der Waals surface area contributed by atoms with Crippen molar-refractivity contribution in [2.24, 2.45) is 22.7 Å². The molecule has 0 rings (SSSR count). The minimum absolute atomic E-state index is 0.400. The lowest BCUT2D eigenvalue weighted by atomic mass is 9.53. The largest absolute Gasteiger partial charge is 0.0654 e. The Morgan fingerprint density at radius 3 is 1.40 bits per heavy atom. The van der Waals surface area contributed by atoms with Crippen molar-refractivity contribution in [2.45, 2.75) is 107 Å². The summed E-state index contributed by atoms with van der Waals surface area (Å²) in [5.41, 5.74) is 0.883. The first-order valence-corrected chi connectivity index (χ1v) is 9.20. The summed E-state index contributed by atoms with van der Waals surface area (Å²) < 4.78 is 0. The van der Waals surface area contributed by atoms with Crippen molar-refractivity contribution in [1.82, 2.24) is 0 Å². The predicted molar refractivity (Wildman–Crippen MR) is 94.2 cm³/mol. The van der Waals surface area contributed by atoms with Crippen LogP contribution >= 0.6 is 0 Å². The van der Waals surface area contributed by atoms with Crippen LogP contribution in [0.2, 0.25) is 0 Å². The van der Waals surface area contributed by atoms with Crippen molar-refractivity contribution in [3.05, 3.63) is 0 Å². The maximum Gasteiger partial charge on any atom is -0.0203 e. The van der Waals surface area contributed by atoms with Crippen molar-refractivity contribution in [3.8, 4) is 0 Å². The van der Waals surface area contributed by atoms with Gasteiger partial charge in [-0.05, 0) is 29.1 Å². The number of rotatable bonds is 10. The molecule has 0 fully saturated rings. The van der Waals surface area contributed by atoms with Gasteiger partial charge in [0.25, 0.3) is 0 Å². The third kappa shape index (κ3) is 5.41. The third-order valence-electron chi connectivity index (χ3n) is 5.65. The molecule has 0 amide bonds. The van der Waals surface area contributed by atoms with Crippen molar-refractivity contribution in [2.75, 3.05) is 0 Å². The molecule has 0 unspecified atom stereocenters. The molecule has 20 heavy (non-hydrogen) atoms. The standard InChI is InChI=1S/C20H42/c1-9-10-11-12-13-14-15-16-20(17(2)3,18(4)5)19(6,7)8/h17-18H,9-16H2,1-8H3. The first-order chi connectivity index (χ1) is 9.20. The van der Waals surface area contributed by atoms with E-state index in [-0.39, 0.29) is 0 Å². The van der Waals surface area contributed by atoms with E-state index in [9.17, 15) is 0 Å². The van der Waals surface area contributed by atoms with Gasteiger partial charge in [0.2, 0.25) is 0 Å². The van der Waals surface area contributed by atoms with Crippen molar-refractivity contribution >= 4 is 0 Å². The number of hydrogen-bond donors (Lipinski definition) is 0. The molecule has 0 heterocycles. The molecular formula is C20H42. The fourth-order valence-electron chi connectivity index (χ4n) is 4.73. The lowest BCUT2D eigenvalue weighted by Gasteiger charge is -2.52. The minimum atomic E-state index is 0.400. The fraction of sp³-hybridized carbons (Fsp3) is 1.00. The SMILES string of the molecule is CCCCCCCCCC(C(C)C)(C(C)C)C(C)(C)C. The molecule has 0 aliphatic carbocycles. The lowest BCUT2D eigenvalue weighted by molar-refractivity contribution is -0.0295. The van der Waals surface area contributed by atoms with E-state index in [1.807, 2.05) is 0 Å². The molecule has 122 valence electrons. The molecule has 0 saturated heterocycles. The zero-order valence-electron chi connectivity index (χ0n) is 15.8. The molecular weight excluding hydrogens is 240 g/mol. The molecule has 0 radical (unpaired) electrons. The van der Waals surface area contributed by atoms with Gasteiger partial charge in [0.15, 0.2) is 0 Å².